The van der Waals surface area contributed by atoms with Gasteiger partial charge in [0.05, 0.1) is 5.44 Å². The van der Waals surface area contributed by atoms with Crippen LogP contribution in [0.15, 0.2) is 42.5 Å². The lowest BCUT2D eigenvalue weighted by Crippen LogP contribution is -2.63. The standard InChI is InChI=1S/C22H16B2ClF2N3O4/c23-21(8-7-17(31)28-19(21)33)29-11-13-9-12(1-6-16(13)18(29)32)10-30(24)20(34)22(26,27)14-2-4-15(25)5-3-14/h1-6,9H,7-8,10-11H2,(H,28,31,33)/t21-/m0/s1. The summed E-state index contributed by atoms with van der Waals surface area (Å²) in [7, 11) is 11.9. The van der Waals surface area contributed by atoms with Gasteiger partial charge in [-0.1, -0.05) is 35.9 Å². The maximum absolute atomic E-state index is 14.6. The van der Waals surface area contributed by atoms with E-state index < -0.39 is 40.6 Å². The van der Waals surface area contributed by atoms with E-state index in [4.69, 9.17) is 27.4 Å². The van der Waals surface area contributed by atoms with Crippen LogP contribution in [0.3, 0.4) is 0 Å². The fraction of sp³-hybridized carbons (Fsp3) is 0.273. The molecule has 4 amide bonds. The summed E-state index contributed by atoms with van der Waals surface area (Å²) < 4.78 is 29.3. The second-order valence-electron chi connectivity index (χ2n) is 8.20. The summed E-state index contributed by atoms with van der Waals surface area (Å²) in [6.45, 7) is -0.383. The lowest BCUT2D eigenvalue weighted by Gasteiger charge is -2.40. The van der Waals surface area contributed by atoms with E-state index in [1.165, 1.54) is 35.2 Å². The molecule has 0 spiro atoms. The van der Waals surface area contributed by atoms with Gasteiger partial charge >= 0.3 is 5.92 Å². The number of rotatable bonds is 5. The molecule has 0 unspecified atom stereocenters. The van der Waals surface area contributed by atoms with Crippen molar-refractivity contribution in [3.8, 4) is 0 Å². The summed E-state index contributed by atoms with van der Waals surface area (Å²) in [4.78, 5) is 50.6. The van der Waals surface area contributed by atoms with E-state index in [0.29, 0.717) is 15.9 Å². The molecule has 1 atom stereocenters. The molecule has 0 saturated carbocycles. The number of carbonyl (C=O) groups excluding carboxylic acids is 4. The molecule has 0 bridgehead atoms. The summed E-state index contributed by atoms with van der Waals surface area (Å²) in [5, 5.41) is 2.38. The van der Waals surface area contributed by atoms with Crippen molar-refractivity contribution in [2.45, 2.75) is 37.3 Å². The van der Waals surface area contributed by atoms with Gasteiger partial charge < -0.3 is 9.71 Å². The number of hydrogen-bond acceptors (Lipinski definition) is 4. The van der Waals surface area contributed by atoms with E-state index in [1.807, 2.05) is 0 Å². The SMILES string of the molecule is [B]N(Cc1ccc2c(c1)CN([C@@]1([B])CCC(=O)NC1=O)C2=O)C(=O)C(F)(F)c1ccc(Cl)cc1. The normalized spacial score (nSPS) is 20.2. The molecule has 0 aromatic heterocycles. The van der Waals surface area contributed by atoms with Gasteiger partial charge in [-0.05, 0) is 35.7 Å². The van der Waals surface area contributed by atoms with Gasteiger partial charge in [-0.2, -0.15) is 8.78 Å². The van der Waals surface area contributed by atoms with Crippen molar-refractivity contribution in [2.75, 3.05) is 0 Å². The summed E-state index contributed by atoms with van der Waals surface area (Å²) in [6.07, 6.45) is -0.0468. The van der Waals surface area contributed by atoms with Crippen molar-refractivity contribution in [1.29, 1.82) is 0 Å². The number of nitrogens with zero attached hydrogens (tertiary/aromatic N) is 2. The zero-order valence-electron chi connectivity index (χ0n) is 17.7. The van der Waals surface area contributed by atoms with Crippen LogP contribution in [-0.4, -0.2) is 54.6 Å². The first-order valence-corrected chi connectivity index (χ1v) is 10.6. The van der Waals surface area contributed by atoms with Crippen LogP contribution < -0.4 is 5.32 Å². The quantitative estimate of drug-likeness (QED) is 0.521. The van der Waals surface area contributed by atoms with E-state index in [9.17, 15) is 28.0 Å². The maximum atomic E-state index is 14.6. The summed E-state index contributed by atoms with van der Waals surface area (Å²) in [5.74, 6) is -7.23. The minimum atomic E-state index is -3.87. The van der Waals surface area contributed by atoms with Crippen LogP contribution in [0.25, 0.3) is 0 Å². The molecule has 2 aromatic carbocycles. The number of benzene rings is 2. The van der Waals surface area contributed by atoms with Gasteiger partial charge in [-0.3, -0.25) is 24.5 Å². The largest absolute Gasteiger partial charge is 0.387 e. The Labute approximate surface area is 201 Å². The highest BCUT2D eigenvalue weighted by Crippen LogP contribution is 2.34. The summed E-state index contributed by atoms with van der Waals surface area (Å²) in [6, 6.07) is 9.04. The Hall–Kier alpha value is -3.20. The molecule has 1 saturated heterocycles. The average Bonchev–Trinajstić information content (AvgIpc) is 3.12. The topological polar surface area (TPSA) is 86.8 Å². The Morgan fingerprint density at radius 2 is 1.85 bits per heavy atom. The Balaban J connectivity index is 1.50. The van der Waals surface area contributed by atoms with Crippen molar-refractivity contribution in [2.24, 2.45) is 0 Å². The van der Waals surface area contributed by atoms with Gasteiger partial charge in [-0.15, -0.1) is 0 Å². The smallest absolute Gasteiger partial charge is 0.348 e. The first-order chi connectivity index (χ1) is 15.9. The second-order valence-corrected chi connectivity index (χ2v) is 8.64. The van der Waals surface area contributed by atoms with Gasteiger partial charge in [0.1, 0.15) is 7.85 Å². The van der Waals surface area contributed by atoms with Crippen molar-refractivity contribution >= 4 is 51.1 Å². The fourth-order valence-electron chi connectivity index (χ4n) is 4.00. The van der Waals surface area contributed by atoms with Crippen molar-refractivity contribution in [3.05, 3.63) is 69.7 Å². The van der Waals surface area contributed by atoms with E-state index in [-0.39, 0.29) is 36.5 Å². The molecule has 2 aliphatic rings. The molecule has 12 heteroatoms. The maximum Gasteiger partial charge on any atom is 0.348 e. The van der Waals surface area contributed by atoms with Crippen LogP contribution in [0.2, 0.25) is 5.02 Å². The lowest BCUT2D eigenvalue weighted by molar-refractivity contribution is -0.154. The van der Waals surface area contributed by atoms with E-state index in [2.05, 4.69) is 5.32 Å². The number of fused-ring (bicyclic) bond motifs is 1. The number of halogens is 3. The zero-order valence-corrected chi connectivity index (χ0v) is 18.4. The summed E-state index contributed by atoms with van der Waals surface area (Å²) in [5.41, 5.74) is -1.08. The van der Waals surface area contributed by atoms with Crippen LogP contribution in [0.4, 0.5) is 8.78 Å². The van der Waals surface area contributed by atoms with E-state index in [1.54, 1.807) is 0 Å². The first kappa shape index (κ1) is 23.9. The van der Waals surface area contributed by atoms with Gasteiger partial charge in [0.15, 0.2) is 0 Å². The molecule has 4 rings (SSSR count). The van der Waals surface area contributed by atoms with Gasteiger partial charge in [0, 0.05) is 35.7 Å². The van der Waals surface area contributed by atoms with Crippen LogP contribution in [0.1, 0.15) is 39.9 Å². The highest BCUT2D eigenvalue weighted by Gasteiger charge is 2.48. The molecule has 2 heterocycles. The fourth-order valence-corrected chi connectivity index (χ4v) is 4.12. The number of imide groups is 1. The molecule has 2 aromatic rings. The third-order valence-corrected chi connectivity index (χ3v) is 6.18. The first-order valence-electron chi connectivity index (χ1n) is 10.2. The Morgan fingerprint density at radius 1 is 1.18 bits per heavy atom. The molecule has 4 radical (unpaired) electrons. The van der Waals surface area contributed by atoms with Crippen LogP contribution in [0.5, 0.6) is 0 Å². The third kappa shape index (κ3) is 4.09. The number of carbonyl (C=O) groups is 4. The number of piperidine rings is 1. The number of nitrogens with one attached hydrogen (secondary N) is 1. The number of alkyl halides is 2. The van der Waals surface area contributed by atoms with Crippen molar-refractivity contribution in [3.63, 3.8) is 0 Å². The van der Waals surface area contributed by atoms with E-state index in [0.717, 1.165) is 12.1 Å². The van der Waals surface area contributed by atoms with Gasteiger partial charge in [-0.25, -0.2) is 0 Å². The minimum Gasteiger partial charge on any atom is -0.387 e. The molecule has 2 aliphatic heterocycles. The Bertz CT molecular complexity index is 1210. The molecule has 170 valence electrons. The number of amides is 4. The summed E-state index contributed by atoms with van der Waals surface area (Å²) >= 11 is 5.71. The molecular formula is C22H16B2ClF2N3O4. The van der Waals surface area contributed by atoms with Crippen LogP contribution in [-0.2, 0) is 33.4 Å². The average molecular weight is 481 g/mol. The number of hydrogen-bond donors (Lipinski definition) is 1. The molecule has 1 fully saturated rings. The molecule has 1 N–H and O–H groups in total. The van der Waals surface area contributed by atoms with Gasteiger partial charge in [0.2, 0.25) is 19.8 Å². The van der Waals surface area contributed by atoms with Gasteiger partial charge in [0.25, 0.3) is 11.8 Å². The molecule has 7 nitrogen and oxygen atoms in total. The Morgan fingerprint density at radius 3 is 2.50 bits per heavy atom. The monoisotopic (exact) mass is 481 g/mol. The highest BCUT2D eigenvalue weighted by molar-refractivity contribution is 6.32. The molecule has 0 aliphatic carbocycles. The highest BCUT2D eigenvalue weighted by atomic mass is 35.5. The predicted octanol–water partition coefficient (Wildman–Crippen LogP) is 1.80. The van der Waals surface area contributed by atoms with E-state index >= 15 is 0 Å². The molecule has 34 heavy (non-hydrogen) atoms. The lowest BCUT2D eigenvalue weighted by atomic mass is 9.70. The second kappa shape index (κ2) is 8.54. The molecular weight excluding hydrogens is 465 g/mol. The Kier molecular flexibility index (Phi) is 6.01. The predicted molar refractivity (Wildman–Crippen MR) is 119 cm³/mol. The third-order valence-electron chi connectivity index (χ3n) is 5.92. The van der Waals surface area contributed by atoms with Crippen molar-refractivity contribution in [1.82, 2.24) is 15.0 Å². The van der Waals surface area contributed by atoms with Crippen LogP contribution >= 0.6 is 11.6 Å². The minimum absolute atomic E-state index is 0.0142. The van der Waals surface area contributed by atoms with Crippen molar-refractivity contribution < 1.29 is 28.0 Å². The zero-order chi connectivity index (χ0) is 24.8. The van der Waals surface area contributed by atoms with Crippen LogP contribution in [0, 0.1) is 0 Å².